The fourth-order valence-electron chi connectivity index (χ4n) is 2.30. The maximum Gasteiger partial charge on any atom is 0.127 e. The van der Waals surface area contributed by atoms with E-state index in [1.807, 2.05) is 6.92 Å². The molecule has 0 amide bonds. The number of halogens is 1. The predicted molar refractivity (Wildman–Crippen MR) is 82.9 cm³/mol. The molecule has 2 atom stereocenters. The molecular formula is C16H23ClN2. The van der Waals surface area contributed by atoms with Gasteiger partial charge in [0.25, 0.3) is 0 Å². The number of aromatic nitrogens is 2. The van der Waals surface area contributed by atoms with Crippen molar-refractivity contribution in [2.75, 3.05) is 0 Å². The van der Waals surface area contributed by atoms with Gasteiger partial charge in [0.1, 0.15) is 5.82 Å². The van der Waals surface area contributed by atoms with Crippen molar-refractivity contribution in [1.29, 1.82) is 0 Å². The van der Waals surface area contributed by atoms with Gasteiger partial charge in [-0.2, -0.15) is 0 Å². The molecule has 1 aromatic carbocycles. The molecule has 0 saturated heterocycles. The van der Waals surface area contributed by atoms with Crippen molar-refractivity contribution in [1.82, 2.24) is 9.55 Å². The second kappa shape index (κ2) is 4.82. The van der Waals surface area contributed by atoms with Gasteiger partial charge in [-0.05, 0) is 43.9 Å². The molecule has 0 saturated carbocycles. The van der Waals surface area contributed by atoms with Crippen molar-refractivity contribution < 1.29 is 0 Å². The van der Waals surface area contributed by atoms with E-state index in [2.05, 4.69) is 57.4 Å². The summed E-state index contributed by atoms with van der Waals surface area (Å²) >= 11 is 6.33. The number of alkyl halides is 1. The predicted octanol–water partition coefficient (Wildman–Crippen LogP) is 5.25. The van der Waals surface area contributed by atoms with E-state index < -0.39 is 0 Å². The minimum atomic E-state index is -0.0856. The van der Waals surface area contributed by atoms with Crippen LogP contribution in [0.2, 0.25) is 0 Å². The smallest absolute Gasteiger partial charge is 0.127 e. The average Bonchev–Trinajstić information content (AvgIpc) is 2.65. The third-order valence-corrected chi connectivity index (χ3v) is 4.06. The zero-order valence-corrected chi connectivity index (χ0v) is 13.4. The van der Waals surface area contributed by atoms with Gasteiger partial charge < -0.3 is 4.57 Å². The molecule has 2 rings (SSSR count). The summed E-state index contributed by atoms with van der Waals surface area (Å²) in [4.78, 5) is 4.72. The van der Waals surface area contributed by atoms with Crippen LogP contribution >= 0.6 is 11.6 Å². The van der Waals surface area contributed by atoms with Gasteiger partial charge in [0.05, 0.1) is 16.4 Å². The van der Waals surface area contributed by atoms with Crippen molar-refractivity contribution in [2.24, 2.45) is 5.41 Å². The Kier molecular flexibility index (Phi) is 3.65. The van der Waals surface area contributed by atoms with E-state index in [9.17, 15) is 0 Å². The lowest BCUT2D eigenvalue weighted by atomic mass is 9.87. The first kappa shape index (κ1) is 14.4. The number of hydrogen-bond donors (Lipinski definition) is 0. The lowest BCUT2D eigenvalue weighted by molar-refractivity contribution is 0.262. The highest BCUT2D eigenvalue weighted by Crippen LogP contribution is 2.36. The van der Waals surface area contributed by atoms with Crippen LogP contribution in [0.15, 0.2) is 18.2 Å². The van der Waals surface area contributed by atoms with E-state index in [1.165, 1.54) is 11.1 Å². The summed E-state index contributed by atoms with van der Waals surface area (Å²) in [6.07, 6.45) is 0. The molecule has 1 aromatic heterocycles. The van der Waals surface area contributed by atoms with Gasteiger partial charge in [-0.1, -0.05) is 26.8 Å². The average molecular weight is 279 g/mol. The van der Waals surface area contributed by atoms with Crippen molar-refractivity contribution >= 4 is 22.6 Å². The summed E-state index contributed by atoms with van der Waals surface area (Å²) < 4.78 is 2.31. The maximum atomic E-state index is 6.33. The molecule has 0 aliphatic heterocycles. The fourth-order valence-corrected chi connectivity index (χ4v) is 2.45. The Morgan fingerprint density at radius 3 is 2.37 bits per heavy atom. The zero-order chi connectivity index (χ0) is 14.4. The van der Waals surface area contributed by atoms with E-state index in [0.29, 0.717) is 6.04 Å². The van der Waals surface area contributed by atoms with Crippen LogP contribution in [0.3, 0.4) is 0 Å². The Morgan fingerprint density at radius 1 is 1.21 bits per heavy atom. The molecule has 2 unspecified atom stereocenters. The second-order valence-corrected chi connectivity index (χ2v) is 7.14. The van der Waals surface area contributed by atoms with Crippen LogP contribution in [0.4, 0.5) is 0 Å². The van der Waals surface area contributed by atoms with Crippen LogP contribution in [-0.2, 0) is 0 Å². The summed E-state index contributed by atoms with van der Waals surface area (Å²) in [5.41, 5.74) is 3.63. The van der Waals surface area contributed by atoms with E-state index in [4.69, 9.17) is 16.6 Å². The molecule has 2 aromatic rings. The number of aryl methyl sites for hydroxylation is 1. The molecule has 0 fully saturated rings. The van der Waals surface area contributed by atoms with Gasteiger partial charge in [0, 0.05) is 6.04 Å². The monoisotopic (exact) mass is 278 g/mol. The van der Waals surface area contributed by atoms with Gasteiger partial charge in [-0.25, -0.2) is 4.98 Å². The highest BCUT2D eigenvalue weighted by Gasteiger charge is 2.27. The van der Waals surface area contributed by atoms with Crippen molar-refractivity contribution in [3.63, 3.8) is 0 Å². The van der Waals surface area contributed by atoms with E-state index >= 15 is 0 Å². The minimum absolute atomic E-state index is 0.0856. The van der Waals surface area contributed by atoms with Gasteiger partial charge >= 0.3 is 0 Å². The molecule has 3 heteroatoms. The standard InChI is InChI=1S/C16H23ClN2/c1-10-7-8-13-14(9-10)19(12(3)16(4,5)6)15(18-13)11(2)17/h7-9,11-12H,1-6H3. The van der Waals surface area contributed by atoms with Crippen LogP contribution in [0.5, 0.6) is 0 Å². The number of imidazole rings is 1. The number of rotatable bonds is 2. The van der Waals surface area contributed by atoms with E-state index in [0.717, 1.165) is 11.3 Å². The highest BCUT2D eigenvalue weighted by atomic mass is 35.5. The first-order valence-electron chi connectivity index (χ1n) is 6.84. The second-order valence-electron chi connectivity index (χ2n) is 6.49. The largest absolute Gasteiger partial charge is 0.323 e. The quantitative estimate of drug-likeness (QED) is 0.686. The van der Waals surface area contributed by atoms with Crippen LogP contribution in [0.1, 0.15) is 57.4 Å². The van der Waals surface area contributed by atoms with Crippen molar-refractivity contribution in [3.05, 3.63) is 29.6 Å². The van der Waals surface area contributed by atoms with Gasteiger partial charge in [-0.15, -0.1) is 11.6 Å². The highest BCUT2D eigenvalue weighted by molar-refractivity contribution is 6.20. The normalized spacial score (nSPS) is 15.7. The summed E-state index contributed by atoms with van der Waals surface area (Å²) in [7, 11) is 0. The molecule has 1 heterocycles. The van der Waals surface area contributed by atoms with Crippen LogP contribution in [0, 0.1) is 12.3 Å². The van der Waals surface area contributed by atoms with E-state index in [-0.39, 0.29) is 10.8 Å². The summed E-state index contributed by atoms with van der Waals surface area (Å²) in [6.45, 7) is 13.1. The lowest BCUT2D eigenvalue weighted by Gasteiger charge is -2.31. The molecule has 0 aliphatic carbocycles. The molecular weight excluding hydrogens is 256 g/mol. The van der Waals surface area contributed by atoms with Crippen molar-refractivity contribution in [3.8, 4) is 0 Å². The number of benzene rings is 1. The topological polar surface area (TPSA) is 17.8 Å². The third kappa shape index (κ3) is 2.64. The molecule has 19 heavy (non-hydrogen) atoms. The summed E-state index contributed by atoms with van der Waals surface area (Å²) in [5, 5.41) is -0.0856. The van der Waals surface area contributed by atoms with Gasteiger partial charge in [0.15, 0.2) is 0 Å². The Hall–Kier alpha value is -1.02. The van der Waals surface area contributed by atoms with Crippen LogP contribution in [-0.4, -0.2) is 9.55 Å². The molecule has 0 N–H and O–H groups in total. The first-order chi connectivity index (χ1) is 8.71. The minimum Gasteiger partial charge on any atom is -0.323 e. The van der Waals surface area contributed by atoms with Crippen LogP contribution in [0.25, 0.3) is 11.0 Å². The first-order valence-corrected chi connectivity index (χ1v) is 7.28. The summed E-state index contributed by atoms with van der Waals surface area (Å²) in [6, 6.07) is 6.73. The Morgan fingerprint density at radius 2 is 1.84 bits per heavy atom. The SMILES string of the molecule is Cc1ccc2nc(C(C)Cl)n(C(C)C(C)(C)C)c2c1. The third-order valence-electron chi connectivity index (χ3n) is 3.87. The maximum absolute atomic E-state index is 6.33. The zero-order valence-electron chi connectivity index (χ0n) is 12.7. The number of fused-ring (bicyclic) bond motifs is 1. The van der Waals surface area contributed by atoms with E-state index in [1.54, 1.807) is 0 Å². The van der Waals surface area contributed by atoms with Gasteiger partial charge in [-0.3, -0.25) is 0 Å². The van der Waals surface area contributed by atoms with Crippen molar-refractivity contribution in [2.45, 2.75) is 53.0 Å². The van der Waals surface area contributed by atoms with Gasteiger partial charge in [0.2, 0.25) is 0 Å². The molecule has 2 nitrogen and oxygen atoms in total. The Balaban J connectivity index is 2.74. The lowest BCUT2D eigenvalue weighted by Crippen LogP contribution is -2.23. The Labute approximate surface area is 120 Å². The summed E-state index contributed by atoms with van der Waals surface area (Å²) in [5.74, 6) is 0.963. The molecule has 0 spiro atoms. The molecule has 0 radical (unpaired) electrons. The fraction of sp³-hybridized carbons (Fsp3) is 0.562. The van der Waals surface area contributed by atoms with Crippen LogP contribution < -0.4 is 0 Å². The Bertz CT molecular complexity index is 591. The number of nitrogens with zero attached hydrogens (tertiary/aromatic N) is 2. The molecule has 104 valence electrons. The molecule has 0 bridgehead atoms. The molecule has 0 aliphatic rings. The number of hydrogen-bond acceptors (Lipinski definition) is 1.